The molecule has 0 fully saturated rings. The van der Waals surface area contributed by atoms with Crippen LogP contribution in [0.25, 0.3) is 10.6 Å². The van der Waals surface area contributed by atoms with Gasteiger partial charge in [-0.3, -0.25) is 0 Å². The summed E-state index contributed by atoms with van der Waals surface area (Å²) in [5.74, 6) is 0. The molecule has 2 nitrogen and oxygen atoms in total. The molecule has 1 N–H and O–H groups in total. The number of nitrogens with one attached hydrogen (secondary N) is 1. The molecule has 2 aromatic rings. The lowest BCUT2D eigenvalue weighted by molar-refractivity contribution is 0.465. The highest BCUT2D eigenvalue weighted by Crippen LogP contribution is 2.37. The van der Waals surface area contributed by atoms with Crippen molar-refractivity contribution < 1.29 is 0 Å². The van der Waals surface area contributed by atoms with Crippen molar-refractivity contribution in [2.45, 2.75) is 37.1 Å². The van der Waals surface area contributed by atoms with Crippen LogP contribution in [0.5, 0.6) is 0 Å². The summed E-state index contributed by atoms with van der Waals surface area (Å²) in [6.45, 7) is 3.18. The van der Waals surface area contributed by atoms with Gasteiger partial charge in [0.25, 0.3) is 0 Å². The summed E-state index contributed by atoms with van der Waals surface area (Å²) in [6, 6.07) is 9.21. The summed E-state index contributed by atoms with van der Waals surface area (Å²) in [6.07, 6.45) is 5.79. The number of benzene rings is 1. The molecule has 1 aromatic carbocycles. The Bertz CT molecular complexity index is 575. The van der Waals surface area contributed by atoms with Crippen molar-refractivity contribution in [3.05, 3.63) is 34.8 Å². The van der Waals surface area contributed by atoms with Gasteiger partial charge in [0, 0.05) is 15.3 Å². The van der Waals surface area contributed by atoms with Crippen molar-refractivity contribution in [2.24, 2.45) is 0 Å². The number of thiazole rings is 1. The zero-order chi connectivity index (χ0) is 13.9. The van der Waals surface area contributed by atoms with Gasteiger partial charge in [-0.05, 0) is 44.2 Å². The fourth-order valence-corrected chi connectivity index (χ4v) is 4.30. The van der Waals surface area contributed by atoms with E-state index in [1.807, 2.05) is 11.3 Å². The summed E-state index contributed by atoms with van der Waals surface area (Å²) in [7, 11) is 0. The molecule has 0 saturated heterocycles. The van der Waals surface area contributed by atoms with Gasteiger partial charge < -0.3 is 5.32 Å². The Morgan fingerprint density at radius 1 is 1.35 bits per heavy atom. The van der Waals surface area contributed by atoms with Crippen molar-refractivity contribution in [1.82, 2.24) is 10.3 Å². The topological polar surface area (TPSA) is 24.9 Å². The average Bonchev–Trinajstić information content (AvgIpc) is 2.93. The van der Waals surface area contributed by atoms with Crippen LogP contribution in [0.3, 0.4) is 0 Å². The summed E-state index contributed by atoms with van der Waals surface area (Å²) >= 11 is 3.65. The van der Waals surface area contributed by atoms with Crippen LogP contribution < -0.4 is 5.32 Å². The SMILES string of the molecule is CCNC1CCCc2sc(-c3ccc(SC)cc3)nc21. The van der Waals surface area contributed by atoms with Crippen LogP contribution in [-0.4, -0.2) is 17.8 Å². The van der Waals surface area contributed by atoms with E-state index in [9.17, 15) is 0 Å². The number of hydrogen-bond acceptors (Lipinski definition) is 4. The molecular weight excluding hydrogens is 284 g/mol. The van der Waals surface area contributed by atoms with Crippen LogP contribution in [0.1, 0.15) is 36.4 Å². The maximum atomic E-state index is 4.93. The first kappa shape index (κ1) is 14.1. The number of aryl methyl sites for hydroxylation is 1. The number of aromatic nitrogens is 1. The Hall–Kier alpha value is -0.840. The van der Waals surface area contributed by atoms with Gasteiger partial charge >= 0.3 is 0 Å². The highest BCUT2D eigenvalue weighted by atomic mass is 32.2. The molecule has 1 aliphatic rings. The Morgan fingerprint density at radius 2 is 2.15 bits per heavy atom. The molecule has 1 atom stereocenters. The Balaban J connectivity index is 1.91. The van der Waals surface area contributed by atoms with Crippen molar-refractivity contribution in [2.75, 3.05) is 12.8 Å². The van der Waals surface area contributed by atoms with E-state index in [0.717, 1.165) is 6.54 Å². The van der Waals surface area contributed by atoms with E-state index in [4.69, 9.17) is 4.98 Å². The quantitative estimate of drug-likeness (QED) is 0.841. The molecule has 0 radical (unpaired) electrons. The van der Waals surface area contributed by atoms with E-state index in [-0.39, 0.29) is 0 Å². The third-order valence-electron chi connectivity index (χ3n) is 3.74. The maximum Gasteiger partial charge on any atom is 0.123 e. The predicted octanol–water partition coefficient (Wildman–Crippen LogP) is 4.52. The molecule has 0 aliphatic heterocycles. The number of nitrogens with zero attached hydrogens (tertiary/aromatic N) is 1. The molecule has 0 spiro atoms. The second-order valence-corrected chi connectivity index (χ2v) is 7.02. The predicted molar refractivity (Wildman–Crippen MR) is 88.7 cm³/mol. The third kappa shape index (κ3) is 2.78. The van der Waals surface area contributed by atoms with Crippen LogP contribution in [0, 0.1) is 0 Å². The zero-order valence-corrected chi connectivity index (χ0v) is 13.6. The van der Waals surface area contributed by atoms with E-state index in [1.54, 1.807) is 11.8 Å². The molecule has 1 heterocycles. The van der Waals surface area contributed by atoms with Gasteiger partial charge in [0.2, 0.25) is 0 Å². The molecule has 0 bridgehead atoms. The van der Waals surface area contributed by atoms with Crippen molar-refractivity contribution in [3.8, 4) is 10.6 Å². The van der Waals surface area contributed by atoms with Crippen molar-refractivity contribution in [1.29, 1.82) is 0 Å². The van der Waals surface area contributed by atoms with Crippen LogP contribution >= 0.6 is 23.1 Å². The summed E-state index contributed by atoms with van der Waals surface area (Å²) in [4.78, 5) is 7.71. The highest BCUT2D eigenvalue weighted by molar-refractivity contribution is 7.98. The van der Waals surface area contributed by atoms with E-state index in [2.05, 4.69) is 42.8 Å². The first-order valence-corrected chi connectivity index (χ1v) is 9.23. The third-order valence-corrected chi connectivity index (χ3v) is 5.67. The van der Waals surface area contributed by atoms with Crippen LogP contribution in [0.2, 0.25) is 0 Å². The van der Waals surface area contributed by atoms with Crippen molar-refractivity contribution in [3.63, 3.8) is 0 Å². The average molecular weight is 304 g/mol. The molecule has 3 rings (SSSR count). The summed E-state index contributed by atoms with van der Waals surface area (Å²) < 4.78 is 0. The first-order chi connectivity index (χ1) is 9.81. The lowest BCUT2D eigenvalue weighted by Crippen LogP contribution is -2.24. The first-order valence-electron chi connectivity index (χ1n) is 7.19. The minimum absolute atomic E-state index is 0.458. The molecule has 4 heteroatoms. The fraction of sp³-hybridized carbons (Fsp3) is 0.438. The van der Waals surface area contributed by atoms with Gasteiger partial charge in [0.15, 0.2) is 0 Å². The van der Waals surface area contributed by atoms with Crippen LogP contribution in [0.15, 0.2) is 29.2 Å². The molecule has 0 saturated carbocycles. The minimum atomic E-state index is 0.458. The summed E-state index contributed by atoms with van der Waals surface area (Å²) in [5, 5.41) is 4.74. The van der Waals surface area contributed by atoms with Gasteiger partial charge in [-0.2, -0.15) is 0 Å². The molecule has 20 heavy (non-hydrogen) atoms. The van der Waals surface area contributed by atoms with Gasteiger partial charge in [0.1, 0.15) is 5.01 Å². The van der Waals surface area contributed by atoms with E-state index in [0.29, 0.717) is 6.04 Å². The minimum Gasteiger partial charge on any atom is -0.309 e. The van der Waals surface area contributed by atoms with E-state index in [1.165, 1.54) is 45.3 Å². The Morgan fingerprint density at radius 3 is 2.85 bits per heavy atom. The molecule has 1 aromatic heterocycles. The monoisotopic (exact) mass is 304 g/mol. The van der Waals surface area contributed by atoms with Crippen LogP contribution in [-0.2, 0) is 6.42 Å². The lowest BCUT2D eigenvalue weighted by Gasteiger charge is -2.21. The van der Waals surface area contributed by atoms with E-state index >= 15 is 0 Å². The molecule has 106 valence electrons. The Labute approximate surface area is 129 Å². The number of hydrogen-bond donors (Lipinski definition) is 1. The second kappa shape index (κ2) is 6.29. The number of rotatable bonds is 4. The normalized spacial score (nSPS) is 18.0. The largest absolute Gasteiger partial charge is 0.309 e. The number of fused-ring (bicyclic) bond motifs is 1. The fourth-order valence-electron chi connectivity index (χ4n) is 2.72. The standard InChI is InChI=1S/C16H20N2S2/c1-3-17-13-5-4-6-14-15(13)18-16(20-14)11-7-9-12(19-2)10-8-11/h7-10,13,17H,3-6H2,1-2H3. The highest BCUT2D eigenvalue weighted by Gasteiger charge is 2.24. The molecule has 1 aliphatic carbocycles. The molecule has 1 unspecified atom stereocenters. The van der Waals surface area contributed by atoms with Crippen molar-refractivity contribution >= 4 is 23.1 Å². The summed E-state index contributed by atoms with van der Waals surface area (Å²) in [5.41, 5.74) is 2.55. The van der Waals surface area contributed by atoms with Gasteiger partial charge in [0.05, 0.1) is 11.7 Å². The van der Waals surface area contributed by atoms with Gasteiger partial charge in [-0.1, -0.05) is 19.1 Å². The Kier molecular flexibility index (Phi) is 4.44. The van der Waals surface area contributed by atoms with Crippen LogP contribution in [0.4, 0.5) is 0 Å². The lowest BCUT2D eigenvalue weighted by atomic mass is 9.98. The second-order valence-electron chi connectivity index (χ2n) is 5.06. The van der Waals surface area contributed by atoms with Gasteiger partial charge in [-0.25, -0.2) is 4.98 Å². The molecular formula is C16H20N2S2. The van der Waals surface area contributed by atoms with E-state index < -0.39 is 0 Å². The smallest absolute Gasteiger partial charge is 0.123 e. The molecule has 0 amide bonds. The maximum absolute atomic E-state index is 4.93. The number of thioether (sulfide) groups is 1. The zero-order valence-electron chi connectivity index (χ0n) is 12.0. The van der Waals surface area contributed by atoms with Gasteiger partial charge in [-0.15, -0.1) is 23.1 Å².